The van der Waals surface area contributed by atoms with E-state index in [0.29, 0.717) is 6.61 Å². The maximum absolute atomic E-state index is 4.87. The van der Waals surface area contributed by atoms with Crippen molar-refractivity contribution in [1.29, 1.82) is 0 Å². The highest BCUT2D eigenvalue weighted by molar-refractivity contribution is 5.46. The molecule has 0 spiro atoms. The first-order valence-corrected chi connectivity index (χ1v) is 5.13. The zero-order chi connectivity index (χ0) is 10.9. The molecule has 0 aliphatic rings. The molecular weight excluding hydrogens is 186 g/mol. The molecule has 0 bridgehead atoms. The van der Waals surface area contributed by atoms with Gasteiger partial charge in [-0.15, -0.1) is 0 Å². The van der Waals surface area contributed by atoms with Crippen LogP contribution in [0.2, 0.25) is 0 Å². The van der Waals surface area contributed by atoms with Crippen molar-refractivity contribution in [2.75, 3.05) is 31.7 Å². The second-order valence-corrected chi connectivity index (χ2v) is 3.14. The Hall–Kier alpha value is -1.46. The molecule has 0 aromatic heterocycles. The summed E-state index contributed by atoms with van der Waals surface area (Å²) in [6, 6.07) is 10.3. The summed E-state index contributed by atoms with van der Waals surface area (Å²) in [6.45, 7) is 4.35. The van der Waals surface area contributed by atoms with Crippen LogP contribution in [-0.4, -0.2) is 26.8 Å². The Labute approximate surface area is 91.9 Å². The molecule has 1 aromatic carbocycles. The lowest BCUT2D eigenvalue weighted by molar-refractivity contribution is 0.239. The van der Waals surface area contributed by atoms with Gasteiger partial charge in [-0.3, -0.25) is 0 Å². The van der Waals surface area contributed by atoms with Gasteiger partial charge in [0, 0.05) is 19.3 Å². The van der Waals surface area contributed by atoms with Crippen molar-refractivity contribution in [3.8, 4) is 11.8 Å². The Balaban J connectivity index is 2.55. The van der Waals surface area contributed by atoms with Crippen molar-refractivity contribution < 1.29 is 4.74 Å². The van der Waals surface area contributed by atoms with Crippen LogP contribution in [0.25, 0.3) is 0 Å². The Morgan fingerprint density at radius 2 is 1.93 bits per heavy atom. The van der Waals surface area contributed by atoms with Gasteiger partial charge in [0.1, 0.15) is 6.61 Å². The third-order valence-corrected chi connectivity index (χ3v) is 2.11. The minimum atomic E-state index is 0.506. The topological polar surface area (TPSA) is 12.5 Å². The molecule has 1 rings (SSSR count). The summed E-state index contributed by atoms with van der Waals surface area (Å²) in [7, 11) is 1.66. The third kappa shape index (κ3) is 4.05. The average Bonchev–Trinajstić information content (AvgIpc) is 2.30. The average molecular weight is 203 g/mol. The molecule has 80 valence electrons. The van der Waals surface area contributed by atoms with Crippen molar-refractivity contribution in [2.45, 2.75) is 6.92 Å². The lowest BCUT2D eigenvalue weighted by atomic mass is 10.3. The Bertz CT molecular complexity index is 323. The van der Waals surface area contributed by atoms with Crippen molar-refractivity contribution >= 4 is 5.69 Å². The van der Waals surface area contributed by atoms with Crippen LogP contribution in [0.3, 0.4) is 0 Å². The fraction of sp³-hybridized carbons (Fsp3) is 0.385. The fourth-order valence-electron chi connectivity index (χ4n) is 1.30. The SMILES string of the molecule is CCN(CC#CCOC)c1ccccc1. The first kappa shape index (κ1) is 11.6. The summed E-state index contributed by atoms with van der Waals surface area (Å²) >= 11 is 0. The molecule has 15 heavy (non-hydrogen) atoms. The number of nitrogens with zero attached hydrogens (tertiary/aromatic N) is 1. The summed E-state index contributed by atoms with van der Waals surface area (Å²) in [6.07, 6.45) is 0. The molecule has 0 saturated heterocycles. The van der Waals surface area contributed by atoms with Crippen molar-refractivity contribution in [3.05, 3.63) is 30.3 Å². The number of para-hydroxylation sites is 1. The van der Waals surface area contributed by atoms with Crippen LogP contribution in [0.4, 0.5) is 5.69 Å². The van der Waals surface area contributed by atoms with Gasteiger partial charge in [0.05, 0.1) is 6.54 Å². The lowest BCUT2D eigenvalue weighted by Gasteiger charge is -2.19. The van der Waals surface area contributed by atoms with E-state index >= 15 is 0 Å². The molecule has 0 heterocycles. The lowest BCUT2D eigenvalue weighted by Crippen LogP contribution is -2.22. The van der Waals surface area contributed by atoms with Crippen LogP contribution < -0.4 is 4.90 Å². The smallest absolute Gasteiger partial charge is 0.107 e. The molecule has 1 aromatic rings. The molecule has 2 nitrogen and oxygen atoms in total. The highest BCUT2D eigenvalue weighted by Crippen LogP contribution is 2.11. The molecule has 0 aliphatic carbocycles. The minimum Gasteiger partial charge on any atom is -0.372 e. The standard InChI is InChI=1S/C13H17NO/c1-3-14(11-7-8-12-15-2)13-9-5-4-6-10-13/h4-6,9-10H,3,11-12H2,1-2H3. The fourth-order valence-corrected chi connectivity index (χ4v) is 1.30. The predicted molar refractivity (Wildman–Crippen MR) is 64.0 cm³/mol. The van der Waals surface area contributed by atoms with Gasteiger partial charge in [0.15, 0.2) is 0 Å². The molecular formula is C13H17NO. The highest BCUT2D eigenvalue weighted by Gasteiger charge is 1.99. The van der Waals surface area contributed by atoms with E-state index in [4.69, 9.17) is 4.74 Å². The summed E-state index contributed by atoms with van der Waals surface area (Å²) < 4.78 is 4.87. The van der Waals surface area contributed by atoms with Crippen LogP contribution in [0.15, 0.2) is 30.3 Å². The molecule has 0 fully saturated rings. The number of anilines is 1. The zero-order valence-corrected chi connectivity index (χ0v) is 9.36. The van der Waals surface area contributed by atoms with Crippen molar-refractivity contribution in [3.63, 3.8) is 0 Å². The van der Waals surface area contributed by atoms with E-state index in [1.807, 2.05) is 18.2 Å². The first-order chi connectivity index (χ1) is 7.38. The third-order valence-electron chi connectivity index (χ3n) is 2.11. The Morgan fingerprint density at radius 1 is 1.20 bits per heavy atom. The maximum Gasteiger partial charge on any atom is 0.107 e. The van der Waals surface area contributed by atoms with Crippen LogP contribution >= 0.6 is 0 Å². The number of hydrogen-bond donors (Lipinski definition) is 0. The maximum atomic E-state index is 4.87. The van der Waals surface area contributed by atoms with Crippen LogP contribution in [0.1, 0.15) is 6.92 Å². The van der Waals surface area contributed by atoms with Gasteiger partial charge in [-0.05, 0) is 19.1 Å². The highest BCUT2D eigenvalue weighted by atomic mass is 16.5. The summed E-state index contributed by atoms with van der Waals surface area (Å²) in [5.74, 6) is 6.04. The first-order valence-electron chi connectivity index (χ1n) is 5.13. The van der Waals surface area contributed by atoms with E-state index < -0.39 is 0 Å². The van der Waals surface area contributed by atoms with Gasteiger partial charge in [-0.2, -0.15) is 0 Å². The van der Waals surface area contributed by atoms with Crippen LogP contribution in [-0.2, 0) is 4.74 Å². The molecule has 0 radical (unpaired) electrons. The van der Waals surface area contributed by atoms with Crippen molar-refractivity contribution in [1.82, 2.24) is 0 Å². The number of methoxy groups -OCH3 is 1. The van der Waals surface area contributed by atoms with Gasteiger partial charge in [0.25, 0.3) is 0 Å². The summed E-state index contributed by atoms with van der Waals surface area (Å²) in [4.78, 5) is 2.22. The van der Waals surface area contributed by atoms with E-state index in [1.54, 1.807) is 7.11 Å². The van der Waals surface area contributed by atoms with Crippen LogP contribution in [0, 0.1) is 11.8 Å². The number of rotatable bonds is 4. The zero-order valence-electron chi connectivity index (χ0n) is 9.36. The van der Waals surface area contributed by atoms with E-state index in [0.717, 1.165) is 13.1 Å². The van der Waals surface area contributed by atoms with E-state index in [1.165, 1.54) is 5.69 Å². The Kier molecular flexibility index (Phi) is 5.35. The Morgan fingerprint density at radius 3 is 2.53 bits per heavy atom. The quantitative estimate of drug-likeness (QED) is 0.695. The molecule has 0 atom stereocenters. The molecule has 0 saturated carbocycles. The van der Waals surface area contributed by atoms with Gasteiger partial charge >= 0.3 is 0 Å². The molecule has 0 unspecified atom stereocenters. The summed E-state index contributed by atoms with van der Waals surface area (Å²) in [5.41, 5.74) is 1.21. The number of ether oxygens (including phenoxy) is 1. The molecule has 2 heteroatoms. The number of benzene rings is 1. The van der Waals surface area contributed by atoms with Crippen molar-refractivity contribution in [2.24, 2.45) is 0 Å². The predicted octanol–water partition coefficient (Wildman–Crippen LogP) is 2.16. The normalized spacial score (nSPS) is 9.20. The van der Waals surface area contributed by atoms with Crippen LogP contribution in [0.5, 0.6) is 0 Å². The summed E-state index contributed by atoms with van der Waals surface area (Å²) in [5, 5.41) is 0. The molecule has 0 amide bonds. The van der Waals surface area contributed by atoms with Gasteiger partial charge in [-0.25, -0.2) is 0 Å². The minimum absolute atomic E-state index is 0.506. The van der Waals surface area contributed by atoms with E-state index in [9.17, 15) is 0 Å². The number of hydrogen-bond acceptors (Lipinski definition) is 2. The second kappa shape index (κ2) is 6.92. The molecule has 0 aliphatic heterocycles. The van der Waals surface area contributed by atoms with Gasteiger partial charge < -0.3 is 9.64 Å². The monoisotopic (exact) mass is 203 g/mol. The van der Waals surface area contributed by atoms with E-state index in [2.05, 4.69) is 35.8 Å². The second-order valence-electron chi connectivity index (χ2n) is 3.14. The largest absolute Gasteiger partial charge is 0.372 e. The van der Waals surface area contributed by atoms with Gasteiger partial charge in [-0.1, -0.05) is 30.0 Å². The van der Waals surface area contributed by atoms with E-state index in [-0.39, 0.29) is 0 Å². The van der Waals surface area contributed by atoms with Gasteiger partial charge in [0.2, 0.25) is 0 Å². The molecule has 0 N–H and O–H groups in total.